The van der Waals surface area contributed by atoms with Gasteiger partial charge in [-0.15, -0.1) is 11.3 Å². The summed E-state index contributed by atoms with van der Waals surface area (Å²) in [4.78, 5) is 103. The first kappa shape index (κ1) is 93.0. The first-order chi connectivity index (χ1) is 55.5. The van der Waals surface area contributed by atoms with Crippen LogP contribution in [-0.4, -0.2) is 174 Å². The lowest BCUT2D eigenvalue weighted by molar-refractivity contribution is -0.134. The number of phenolic OH excluding ortho intramolecular Hbond substituents is 4. The summed E-state index contributed by atoms with van der Waals surface area (Å²) in [5, 5.41) is 77.0. The number of para-hydroxylation sites is 1. The van der Waals surface area contributed by atoms with Crippen LogP contribution in [-0.2, 0) is 47.2 Å². The number of nitrogens with two attached hydrogens (primary N) is 2. The summed E-state index contributed by atoms with van der Waals surface area (Å²) in [6, 6.07) is 26.7. The van der Waals surface area contributed by atoms with Gasteiger partial charge in [-0.1, -0.05) is 61.3 Å². The molecule has 14 rings (SSSR count). The molecule has 31 heteroatoms. The number of phenols is 4. The second-order valence-electron chi connectivity index (χ2n) is 28.6. The number of aliphatic hydroxyl groups is 1. The quantitative estimate of drug-likeness (QED) is 0.0125. The molecular weight excluding hydrogens is 1560 g/mol. The number of Topliss-reactive ketones (excluding diaryl/α,β-unsaturated/α-hetero) is 2. The Kier molecular flexibility index (Phi) is 34.7. The van der Waals surface area contributed by atoms with Crippen LogP contribution >= 0.6 is 34.4 Å². The highest BCUT2D eigenvalue weighted by Gasteiger charge is 2.52. The van der Waals surface area contributed by atoms with Crippen LogP contribution < -0.4 is 41.5 Å². The number of carboxylic acids is 2. The van der Waals surface area contributed by atoms with Gasteiger partial charge in [0, 0.05) is 95.3 Å². The average molecular weight is 1670 g/mol. The van der Waals surface area contributed by atoms with E-state index in [2.05, 4.69) is 47.2 Å². The number of likely N-dealkylation sites (tertiary alicyclic amines) is 1. The molecular formula is C86H104N8O20S3. The van der Waals surface area contributed by atoms with E-state index >= 15 is 0 Å². The van der Waals surface area contributed by atoms with E-state index in [9.17, 15) is 58.9 Å². The zero-order chi connectivity index (χ0) is 86.1. The molecule has 1 saturated carbocycles. The number of ketones is 3. The highest BCUT2D eigenvalue weighted by Crippen LogP contribution is 2.52. The van der Waals surface area contributed by atoms with Gasteiger partial charge in [0.2, 0.25) is 6.79 Å². The van der Waals surface area contributed by atoms with Crippen LogP contribution in [0.5, 0.6) is 40.2 Å². The number of aromatic hydroxyl groups is 4. The van der Waals surface area contributed by atoms with Crippen LogP contribution in [0.15, 0.2) is 126 Å². The summed E-state index contributed by atoms with van der Waals surface area (Å²) in [5.41, 5.74) is 20.8. The second-order valence-corrected chi connectivity index (χ2v) is 31.6. The number of aliphatic carboxylic acids is 2. The predicted molar refractivity (Wildman–Crippen MR) is 456 cm³/mol. The first-order valence-electron chi connectivity index (χ1n) is 37.7. The molecule has 0 bridgehead atoms. The molecule has 5 aromatic carbocycles. The van der Waals surface area contributed by atoms with E-state index in [0.29, 0.717) is 94.0 Å². The Balaban J connectivity index is 0.000000195. The number of hydrogen-bond acceptors (Lipinski definition) is 27. The lowest BCUT2D eigenvalue weighted by Crippen LogP contribution is -2.45. The summed E-state index contributed by atoms with van der Waals surface area (Å²) in [6.45, 7) is 16.5. The smallest absolute Gasteiger partial charge is 0.342 e. The molecule has 4 aliphatic heterocycles. The molecule has 1 amide bonds. The highest BCUT2D eigenvalue weighted by atomic mass is 32.2. The number of thiophene rings is 1. The molecule has 4 aromatic heterocycles. The molecule has 3 atom stereocenters. The fourth-order valence-electron chi connectivity index (χ4n) is 13.7. The summed E-state index contributed by atoms with van der Waals surface area (Å²) in [5.74, 6) is 0.685. The molecule has 1 aliphatic carbocycles. The maximum Gasteiger partial charge on any atom is 0.342 e. The normalized spacial score (nSPS) is 15.8. The number of carbonyl (C=O) groups is 7. The number of esters is 1. The van der Waals surface area contributed by atoms with Crippen molar-refractivity contribution in [3.8, 4) is 40.2 Å². The molecule has 9 aromatic rings. The van der Waals surface area contributed by atoms with E-state index in [1.54, 1.807) is 31.9 Å². The van der Waals surface area contributed by atoms with Crippen molar-refractivity contribution in [1.29, 1.82) is 0 Å². The number of carbonyl (C=O) groups excluding carboxylic acids is 5. The summed E-state index contributed by atoms with van der Waals surface area (Å²) < 4.78 is 23.2. The van der Waals surface area contributed by atoms with Gasteiger partial charge in [0.1, 0.15) is 57.3 Å². The van der Waals surface area contributed by atoms with Crippen molar-refractivity contribution in [3.05, 3.63) is 186 Å². The van der Waals surface area contributed by atoms with Gasteiger partial charge in [0.15, 0.2) is 22.4 Å². The Bertz CT molecular complexity index is 5170. The molecule has 28 nitrogen and oxygen atoms in total. The highest BCUT2D eigenvalue weighted by molar-refractivity contribution is 7.98. The minimum absolute atomic E-state index is 0.0373. The van der Waals surface area contributed by atoms with Crippen molar-refractivity contribution in [3.63, 3.8) is 0 Å². The van der Waals surface area contributed by atoms with Crippen molar-refractivity contribution in [2.24, 2.45) is 11.5 Å². The van der Waals surface area contributed by atoms with E-state index in [-0.39, 0.29) is 83.1 Å². The number of cyclic esters (lactones) is 1. The fraction of sp³-hybridized carbons (Fsp3) is 0.372. The lowest BCUT2D eigenvalue weighted by Gasteiger charge is -2.32. The number of fused-ring (bicyclic) bond motifs is 8. The van der Waals surface area contributed by atoms with Crippen molar-refractivity contribution in [1.82, 2.24) is 19.6 Å². The summed E-state index contributed by atoms with van der Waals surface area (Å²) in [7, 11) is 5.87. The van der Waals surface area contributed by atoms with E-state index in [1.807, 2.05) is 94.6 Å². The Hall–Kier alpha value is -11.2. The standard InChI is InChI=1S/C21H13N3O3S2.C18H22O5.C13H18N2O.C12H17NO2.C10H10O3.C6H13NOS.C4H4O4.C2H7NO/c1-10-12-6-11-7-15-16(27-9-26-15)8-14(11)22-20(12)29-18(10)19(25)24-21-23-13-4-2-3-5-17(13)28-21;1-10(5-7-11(2)19)6-8-13-16(20)15-14(9-23-18(15)21)12(3)17(13)22-4;1-13-6-7-14(2)12(13)15(3)11-5-4-9(16)8-10(11)13;1-9-7-11(13(15)12(14)8-9)10-5-3-2-4-6-10;1-7(11)2-3-8-6-9(12)4-5-10(8)13;1-5(8)6(7)3-4-9-2;5-3(6)1-2-4(7)8;3-1-2-4/h2-8H,9H2,1H3,(H,23,24,25);6,20H,5,7-9H2,1-4H3;4-5,8,12,16H,6-7H2,1-3H3;7-8,10,15H,2-6H2,1H3;2-6,12-13H,1H3;6H,3-4,7H2,1-2H3;1-2H,(H,5,6)(H,7,8);4H,1-3H2/b;10-6+;;;3-2+;;2-1+;/t;;12-,13+;;;6-;;/m..1..1../s1. The van der Waals surface area contributed by atoms with Gasteiger partial charge in [-0.2, -0.15) is 16.5 Å². The Morgan fingerprint density at radius 2 is 1.46 bits per heavy atom. The van der Waals surface area contributed by atoms with E-state index in [1.165, 1.54) is 103 Å². The third kappa shape index (κ3) is 25.2. The van der Waals surface area contributed by atoms with Gasteiger partial charge in [-0.3, -0.25) is 29.4 Å². The number of amides is 1. The van der Waals surface area contributed by atoms with Crippen LogP contribution in [0.25, 0.3) is 37.4 Å². The minimum Gasteiger partial charge on any atom is -0.508 e. The number of thiazole rings is 1. The number of thioether (sulfide) groups is 1. The van der Waals surface area contributed by atoms with Crippen molar-refractivity contribution >= 4 is 124 Å². The van der Waals surface area contributed by atoms with Gasteiger partial charge >= 0.3 is 17.9 Å². The number of allylic oxidation sites excluding steroid dienone is 3. The molecule has 0 spiro atoms. The van der Waals surface area contributed by atoms with Crippen LogP contribution in [0.4, 0.5) is 10.8 Å². The molecule has 2 fully saturated rings. The van der Waals surface area contributed by atoms with Gasteiger partial charge in [-0.05, 0) is 207 Å². The van der Waals surface area contributed by atoms with Crippen LogP contribution in [0.3, 0.4) is 0 Å². The van der Waals surface area contributed by atoms with Gasteiger partial charge in [0.25, 0.3) is 11.5 Å². The van der Waals surface area contributed by atoms with Gasteiger partial charge in [-0.25, -0.2) is 24.4 Å². The number of carboxylic acid groups (broad SMARTS) is 2. The number of nitrogens with zero attached hydrogens (tertiary/aromatic N) is 5. The van der Waals surface area contributed by atoms with Gasteiger partial charge in [0.05, 0.1) is 52.2 Å². The second kappa shape index (κ2) is 43.7. The Labute approximate surface area is 690 Å². The first-order valence-corrected chi connectivity index (χ1v) is 40.7. The number of ether oxygens (including phenoxy) is 4. The largest absolute Gasteiger partial charge is 0.508 e. The molecule has 5 aliphatic rings. The SMILES string of the molecule is CC(=O)/C=C/c1cc(O)ccc1O.CN1CC[C@@]2(C)c3cc(O)ccc3N(C)[C@@H]12.COc1c(C)c2c(c(O)c1C/C=C(\C)CCC(C)=O)C(=O)OC2.CSCC[C@@H](N)C(C)=O.Cc1c(C(=O)Nc2nc3ccccc3s2)sc2nc3cc4c(cc3cc12)OCO4.Cc1cc(C2CCCCC2)n(O)c(=O)c1.NCCO.O=C(O)/C=C/C(=O)O. The Morgan fingerprint density at radius 3 is 2.09 bits per heavy atom. The number of pyridine rings is 2. The number of anilines is 2. The number of hydrogen-bond donors (Lipinski definition) is 11. The van der Waals surface area contributed by atoms with Crippen molar-refractivity contribution in [2.45, 2.75) is 150 Å². The number of benzene rings is 5. The summed E-state index contributed by atoms with van der Waals surface area (Å²) >= 11 is 4.57. The Morgan fingerprint density at radius 1 is 0.803 bits per heavy atom. The molecule has 13 N–H and O–H groups in total. The number of aromatic nitrogens is 3. The topological polar surface area (TPSA) is 437 Å². The maximum absolute atomic E-state index is 12.9. The zero-order valence-corrected chi connectivity index (χ0v) is 70.1. The minimum atomic E-state index is -1.26. The number of methoxy groups -OCH3 is 1. The average Bonchev–Trinajstić information content (AvgIpc) is 1.56. The molecule has 626 valence electrons. The van der Waals surface area contributed by atoms with E-state index in [0.717, 1.165) is 108 Å². The molecule has 117 heavy (non-hydrogen) atoms. The third-order valence-corrected chi connectivity index (χ3v) is 22.6. The van der Waals surface area contributed by atoms with Crippen LogP contribution in [0.2, 0.25) is 0 Å². The molecule has 0 unspecified atom stereocenters. The molecule has 1 saturated heterocycles. The number of aryl methyl sites for hydroxylation is 2. The fourth-order valence-corrected chi connectivity index (χ4v) is 16.1. The number of likely N-dealkylation sites (N-methyl/N-ethyl adjacent to an activating group) is 2. The van der Waals surface area contributed by atoms with E-state index < -0.39 is 17.9 Å². The number of nitrogens with one attached hydrogen (secondary N) is 1. The number of aliphatic hydroxyl groups excluding tert-OH is 1. The number of rotatable bonds is 18. The van der Waals surface area contributed by atoms with Gasteiger partial charge < -0.3 is 81.1 Å². The monoisotopic (exact) mass is 1660 g/mol. The van der Waals surface area contributed by atoms with Crippen molar-refractivity contribution < 1.29 is 93.5 Å². The summed E-state index contributed by atoms with van der Waals surface area (Å²) in [6.07, 6.45) is 17.7. The van der Waals surface area contributed by atoms with Crippen molar-refractivity contribution in [2.75, 3.05) is 69.9 Å². The molecule has 0 radical (unpaired) electrons. The third-order valence-electron chi connectivity index (χ3n) is 19.8. The zero-order valence-electron chi connectivity index (χ0n) is 67.7. The van der Waals surface area contributed by atoms with Crippen LogP contribution in [0.1, 0.15) is 163 Å². The predicted octanol–water partition coefficient (Wildman–Crippen LogP) is 13.8. The maximum atomic E-state index is 12.9. The van der Waals surface area contributed by atoms with E-state index in [4.69, 9.17) is 55.8 Å². The molecule has 8 heterocycles. The lowest BCUT2D eigenvalue weighted by atomic mass is 9.81. The van der Waals surface area contributed by atoms with Crippen LogP contribution in [0, 0.1) is 20.8 Å².